The summed E-state index contributed by atoms with van der Waals surface area (Å²) in [6.45, 7) is 10.2. The third-order valence-corrected chi connectivity index (χ3v) is 6.62. The first kappa shape index (κ1) is 25.0. The summed E-state index contributed by atoms with van der Waals surface area (Å²) in [4.78, 5) is 29.2. The van der Waals surface area contributed by atoms with Crippen LogP contribution in [0.2, 0.25) is 0 Å². The second-order valence-electron chi connectivity index (χ2n) is 9.72. The molecule has 2 fully saturated rings. The van der Waals surface area contributed by atoms with Crippen LogP contribution in [0.25, 0.3) is 0 Å². The zero-order chi connectivity index (χ0) is 24.9. The number of morpholine rings is 2. The number of nitrogens with zero attached hydrogens (tertiary/aromatic N) is 2. The Labute approximate surface area is 207 Å². The molecule has 4 amide bonds. The number of hydrogen-bond donors (Lipinski definition) is 2. The Morgan fingerprint density at radius 3 is 1.29 bits per heavy atom. The number of nitrogens with one attached hydrogen (secondary N) is 2. The van der Waals surface area contributed by atoms with Crippen molar-refractivity contribution in [2.75, 3.05) is 37.1 Å². The minimum Gasteiger partial charge on any atom is -0.377 e. The molecule has 0 bridgehead atoms. The van der Waals surface area contributed by atoms with E-state index in [-0.39, 0.29) is 36.2 Å². The molecule has 2 N–H and O–H groups in total. The highest BCUT2D eigenvalue weighted by molar-refractivity contribution is 5.90. The normalized spacial score (nSPS) is 24.7. The predicted octanol–water partition coefficient (Wildman–Crippen LogP) is 4.56. The van der Waals surface area contributed by atoms with E-state index in [0.29, 0.717) is 26.4 Å². The summed E-state index contributed by atoms with van der Waals surface area (Å²) in [5.74, 6) is 0. The number of carbonyl (C=O) groups is 2. The van der Waals surface area contributed by atoms with E-state index in [9.17, 15) is 9.59 Å². The van der Waals surface area contributed by atoms with Crippen LogP contribution in [-0.2, 0) is 15.9 Å². The van der Waals surface area contributed by atoms with Crippen LogP contribution >= 0.6 is 0 Å². The Kier molecular flexibility index (Phi) is 7.93. The highest BCUT2D eigenvalue weighted by Gasteiger charge is 2.30. The maximum Gasteiger partial charge on any atom is 0.322 e. The lowest BCUT2D eigenvalue weighted by atomic mass is 10.0. The molecule has 0 saturated carbocycles. The van der Waals surface area contributed by atoms with Crippen LogP contribution in [0.5, 0.6) is 0 Å². The molecular formula is C27H36N4O4. The molecular weight excluding hydrogens is 444 g/mol. The van der Waals surface area contributed by atoms with Gasteiger partial charge in [0, 0.05) is 11.4 Å². The van der Waals surface area contributed by atoms with Gasteiger partial charge in [-0.15, -0.1) is 0 Å². The van der Waals surface area contributed by atoms with Crippen molar-refractivity contribution in [3.8, 4) is 0 Å². The molecule has 0 aliphatic carbocycles. The standard InChI is InChI=1S/C27H36N4O4/c1-18-14-34-15-19(2)30(18)26(32)28-24-9-5-22(6-10-24)13-23-7-11-25(12-8-23)29-27(33)31-20(3)16-35-17-21(31)4/h5-12,18-21H,13-17H2,1-4H3,(H,28,32)(H,29,33)/t18-,19+,20-,21+. The summed E-state index contributed by atoms with van der Waals surface area (Å²) < 4.78 is 11.0. The summed E-state index contributed by atoms with van der Waals surface area (Å²) in [7, 11) is 0. The van der Waals surface area contributed by atoms with Gasteiger partial charge in [0.05, 0.1) is 50.6 Å². The van der Waals surface area contributed by atoms with Crippen molar-refractivity contribution in [1.82, 2.24) is 9.80 Å². The van der Waals surface area contributed by atoms with Gasteiger partial charge in [0.2, 0.25) is 0 Å². The van der Waals surface area contributed by atoms with Crippen LogP contribution in [0.4, 0.5) is 21.0 Å². The van der Waals surface area contributed by atoms with Crippen molar-refractivity contribution in [1.29, 1.82) is 0 Å². The first-order valence-corrected chi connectivity index (χ1v) is 12.3. The molecule has 35 heavy (non-hydrogen) atoms. The van der Waals surface area contributed by atoms with Gasteiger partial charge in [0.25, 0.3) is 0 Å². The molecule has 0 aromatic heterocycles. The first-order chi connectivity index (χ1) is 16.8. The van der Waals surface area contributed by atoms with Crippen molar-refractivity contribution < 1.29 is 19.1 Å². The minimum atomic E-state index is -0.0976. The van der Waals surface area contributed by atoms with E-state index < -0.39 is 0 Å². The number of carbonyl (C=O) groups excluding carboxylic acids is 2. The molecule has 2 aliphatic heterocycles. The van der Waals surface area contributed by atoms with E-state index >= 15 is 0 Å². The van der Waals surface area contributed by atoms with Crippen LogP contribution in [0, 0.1) is 0 Å². The Balaban J connectivity index is 1.31. The number of ether oxygens (including phenoxy) is 2. The summed E-state index contributed by atoms with van der Waals surface area (Å²) >= 11 is 0. The van der Waals surface area contributed by atoms with Crippen molar-refractivity contribution >= 4 is 23.4 Å². The Morgan fingerprint density at radius 2 is 0.971 bits per heavy atom. The van der Waals surface area contributed by atoms with E-state index in [1.54, 1.807) is 0 Å². The van der Waals surface area contributed by atoms with Gasteiger partial charge in [-0.3, -0.25) is 0 Å². The van der Waals surface area contributed by atoms with E-state index in [2.05, 4.69) is 10.6 Å². The van der Waals surface area contributed by atoms with E-state index in [0.717, 1.165) is 28.9 Å². The van der Waals surface area contributed by atoms with Crippen molar-refractivity contribution in [2.24, 2.45) is 0 Å². The molecule has 4 rings (SSSR count). The lowest BCUT2D eigenvalue weighted by Gasteiger charge is -2.38. The van der Waals surface area contributed by atoms with Gasteiger partial charge >= 0.3 is 12.1 Å². The fraction of sp³-hybridized carbons (Fsp3) is 0.481. The fourth-order valence-electron chi connectivity index (χ4n) is 4.83. The molecule has 2 heterocycles. The maximum atomic E-state index is 12.7. The summed E-state index contributed by atoms with van der Waals surface area (Å²) in [5.41, 5.74) is 3.83. The third-order valence-electron chi connectivity index (χ3n) is 6.62. The van der Waals surface area contributed by atoms with Crippen LogP contribution in [-0.4, -0.2) is 72.5 Å². The molecule has 8 nitrogen and oxygen atoms in total. The topological polar surface area (TPSA) is 83.1 Å². The third kappa shape index (κ3) is 6.13. The van der Waals surface area contributed by atoms with Crippen LogP contribution in [0.1, 0.15) is 38.8 Å². The average molecular weight is 481 g/mol. The average Bonchev–Trinajstić information content (AvgIpc) is 2.81. The van der Waals surface area contributed by atoms with Gasteiger partial charge in [-0.2, -0.15) is 0 Å². The Hall–Kier alpha value is -3.10. The minimum absolute atomic E-state index is 0.0476. The van der Waals surface area contributed by atoms with Crippen molar-refractivity contribution in [3.05, 3.63) is 59.7 Å². The molecule has 0 radical (unpaired) electrons. The van der Waals surface area contributed by atoms with Gasteiger partial charge in [-0.05, 0) is 69.5 Å². The number of hydrogen-bond acceptors (Lipinski definition) is 4. The molecule has 2 aliphatic rings. The maximum absolute atomic E-state index is 12.7. The summed E-state index contributed by atoms with van der Waals surface area (Å²) in [5, 5.41) is 6.00. The van der Waals surface area contributed by atoms with Gasteiger partial charge < -0.3 is 29.9 Å². The van der Waals surface area contributed by atoms with Crippen LogP contribution in [0.15, 0.2) is 48.5 Å². The summed E-state index contributed by atoms with van der Waals surface area (Å²) in [6.07, 6.45) is 0.761. The second kappa shape index (κ2) is 11.1. The molecule has 188 valence electrons. The van der Waals surface area contributed by atoms with Crippen molar-refractivity contribution in [3.63, 3.8) is 0 Å². The highest BCUT2D eigenvalue weighted by Crippen LogP contribution is 2.20. The van der Waals surface area contributed by atoms with Crippen molar-refractivity contribution in [2.45, 2.75) is 58.3 Å². The monoisotopic (exact) mass is 480 g/mol. The van der Waals surface area contributed by atoms with E-state index in [1.165, 1.54) is 0 Å². The molecule has 8 heteroatoms. The molecule has 0 unspecified atom stereocenters. The number of urea groups is 2. The van der Waals surface area contributed by atoms with Gasteiger partial charge in [-0.25, -0.2) is 9.59 Å². The lowest BCUT2D eigenvalue weighted by molar-refractivity contribution is -0.0111. The molecule has 4 atom stereocenters. The quantitative estimate of drug-likeness (QED) is 0.672. The largest absolute Gasteiger partial charge is 0.377 e. The predicted molar refractivity (Wildman–Crippen MR) is 137 cm³/mol. The van der Waals surface area contributed by atoms with Crippen LogP contribution < -0.4 is 10.6 Å². The van der Waals surface area contributed by atoms with Crippen LogP contribution in [0.3, 0.4) is 0 Å². The van der Waals surface area contributed by atoms with Gasteiger partial charge in [0.1, 0.15) is 0 Å². The number of rotatable bonds is 4. The molecule has 2 aromatic rings. The zero-order valence-corrected chi connectivity index (χ0v) is 21.0. The van der Waals surface area contributed by atoms with E-state index in [1.807, 2.05) is 86.0 Å². The van der Waals surface area contributed by atoms with E-state index in [4.69, 9.17) is 9.47 Å². The second-order valence-corrected chi connectivity index (χ2v) is 9.72. The van der Waals surface area contributed by atoms with Gasteiger partial charge in [0.15, 0.2) is 0 Å². The Morgan fingerprint density at radius 1 is 0.657 bits per heavy atom. The zero-order valence-electron chi connectivity index (χ0n) is 21.0. The lowest BCUT2D eigenvalue weighted by Crippen LogP contribution is -2.53. The fourth-order valence-corrected chi connectivity index (χ4v) is 4.83. The number of benzene rings is 2. The Bertz CT molecular complexity index is 909. The molecule has 0 spiro atoms. The highest BCUT2D eigenvalue weighted by atomic mass is 16.5. The summed E-state index contributed by atoms with van der Waals surface area (Å²) in [6, 6.07) is 15.8. The van der Waals surface area contributed by atoms with Gasteiger partial charge in [-0.1, -0.05) is 24.3 Å². The molecule has 2 aromatic carbocycles. The number of anilines is 2. The smallest absolute Gasteiger partial charge is 0.322 e. The SMILES string of the molecule is C[C@@H]1COC[C@H](C)N1C(=O)Nc1ccc(Cc2ccc(NC(=O)N3[C@H](C)COC[C@@H]3C)cc2)cc1. The first-order valence-electron chi connectivity index (χ1n) is 12.3. The molecule has 2 saturated heterocycles. The number of amides is 4.